The number of rotatable bonds is 5. The van der Waals surface area contributed by atoms with Crippen molar-refractivity contribution in [3.05, 3.63) is 0 Å². The molecular weight excluding hydrogens is 331 g/mol. The van der Waals surface area contributed by atoms with Crippen LogP contribution in [0.25, 0.3) is 0 Å². The standard InChI is InChI=1S/C14H19FO9/c1-6(16)20-5-10-11(21-7(2)17)12(22-8(3)18)13(14(15)24-10)23-9(4)19/h10-14H,5H2,1-4H3/t10-,11-,12+,13-,14?/m1/s1/i1D,2D,3D,4D. The van der Waals surface area contributed by atoms with Gasteiger partial charge in [0.15, 0.2) is 18.3 Å². The minimum atomic E-state index is -2.41. The quantitative estimate of drug-likeness (QED) is 0.498. The normalized spacial score (nSPS) is 31.5. The Morgan fingerprint density at radius 3 is 1.92 bits per heavy atom. The molecule has 1 saturated heterocycles. The lowest BCUT2D eigenvalue weighted by molar-refractivity contribution is -0.277. The van der Waals surface area contributed by atoms with Crippen LogP contribution >= 0.6 is 0 Å². The van der Waals surface area contributed by atoms with Crippen molar-refractivity contribution in [3.63, 3.8) is 0 Å². The molecule has 0 aliphatic carbocycles. The number of esters is 4. The van der Waals surface area contributed by atoms with E-state index in [1.165, 1.54) is 0 Å². The molecule has 0 amide bonds. The largest absolute Gasteiger partial charge is 0.463 e. The molecule has 0 saturated carbocycles. The number of hydrogen-bond donors (Lipinski definition) is 0. The number of ether oxygens (including phenoxy) is 5. The third kappa shape index (κ3) is 5.76. The van der Waals surface area contributed by atoms with Crippen molar-refractivity contribution in [3.8, 4) is 0 Å². The van der Waals surface area contributed by atoms with E-state index >= 15 is 0 Å². The first kappa shape index (κ1) is 14.1. The predicted molar refractivity (Wildman–Crippen MR) is 73.1 cm³/mol. The zero-order valence-electron chi connectivity index (χ0n) is 16.5. The summed E-state index contributed by atoms with van der Waals surface area (Å²) in [6.45, 7) is -4.06. The summed E-state index contributed by atoms with van der Waals surface area (Å²) in [6.07, 6.45) is -9.30. The first-order chi connectivity index (χ1) is 13.3. The fourth-order valence-electron chi connectivity index (χ4n) is 2.03. The van der Waals surface area contributed by atoms with Crippen molar-refractivity contribution in [2.75, 3.05) is 6.61 Å². The molecule has 1 fully saturated rings. The van der Waals surface area contributed by atoms with Crippen molar-refractivity contribution in [1.82, 2.24) is 0 Å². The molecule has 1 aliphatic heterocycles. The highest BCUT2D eigenvalue weighted by molar-refractivity contribution is 5.68. The summed E-state index contributed by atoms with van der Waals surface area (Å²) in [6, 6.07) is 0. The van der Waals surface area contributed by atoms with E-state index in [2.05, 4.69) is 4.74 Å². The third-order valence-electron chi connectivity index (χ3n) is 2.79. The lowest BCUT2D eigenvalue weighted by atomic mass is 9.98. The molecule has 1 aliphatic rings. The first-order valence-corrected chi connectivity index (χ1v) is 6.47. The molecule has 9 nitrogen and oxygen atoms in total. The van der Waals surface area contributed by atoms with E-state index in [1.54, 1.807) is 0 Å². The van der Waals surface area contributed by atoms with Crippen molar-refractivity contribution < 1.29 is 52.7 Å². The van der Waals surface area contributed by atoms with Gasteiger partial charge < -0.3 is 23.7 Å². The van der Waals surface area contributed by atoms with Crippen molar-refractivity contribution in [2.24, 2.45) is 0 Å². The van der Waals surface area contributed by atoms with Gasteiger partial charge in [0.2, 0.25) is 6.36 Å². The summed E-state index contributed by atoms with van der Waals surface area (Å²) in [5.74, 6) is -4.47. The predicted octanol–water partition coefficient (Wildman–Crippen LogP) is 0.0390. The van der Waals surface area contributed by atoms with Crippen LogP contribution in [0.2, 0.25) is 0 Å². The second kappa shape index (κ2) is 8.57. The van der Waals surface area contributed by atoms with E-state index in [-0.39, 0.29) is 0 Å². The monoisotopic (exact) mass is 354 g/mol. The van der Waals surface area contributed by atoms with Crippen LogP contribution in [-0.2, 0) is 42.9 Å². The Morgan fingerprint density at radius 2 is 1.38 bits per heavy atom. The van der Waals surface area contributed by atoms with E-state index in [0.29, 0.717) is 0 Å². The van der Waals surface area contributed by atoms with Crippen LogP contribution in [-0.4, -0.2) is 61.3 Å². The fourth-order valence-corrected chi connectivity index (χ4v) is 2.03. The zero-order valence-corrected chi connectivity index (χ0v) is 12.5. The van der Waals surface area contributed by atoms with Gasteiger partial charge in [-0.2, -0.15) is 0 Å². The summed E-state index contributed by atoms with van der Waals surface area (Å²) >= 11 is 0. The zero-order chi connectivity index (χ0) is 21.3. The summed E-state index contributed by atoms with van der Waals surface area (Å²) in [5.41, 5.74) is 0. The molecule has 24 heavy (non-hydrogen) atoms. The van der Waals surface area contributed by atoms with E-state index in [4.69, 9.17) is 24.4 Å². The van der Waals surface area contributed by atoms with Gasteiger partial charge in [0.25, 0.3) is 0 Å². The molecule has 0 bridgehead atoms. The summed E-state index contributed by atoms with van der Waals surface area (Å²) in [7, 11) is 0. The smallest absolute Gasteiger partial charge is 0.303 e. The number of carbonyl (C=O) groups excluding carboxylic acids is 4. The Bertz CT molecular complexity index is 579. The van der Waals surface area contributed by atoms with Gasteiger partial charge in [-0.15, -0.1) is 0 Å². The molecule has 0 spiro atoms. The Labute approximate surface area is 142 Å². The minimum Gasteiger partial charge on any atom is -0.463 e. The van der Waals surface area contributed by atoms with E-state index in [0.717, 1.165) is 0 Å². The topological polar surface area (TPSA) is 114 Å². The maximum absolute atomic E-state index is 14.4. The van der Waals surface area contributed by atoms with Crippen LogP contribution in [0.4, 0.5) is 4.39 Å². The molecule has 5 atom stereocenters. The first-order valence-electron chi connectivity index (χ1n) is 9.30. The molecule has 0 aromatic heterocycles. The molecule has 1 rings (SSSR count). The second-order valence-electron chi connectivity index (χ2n) is 4.57. The Morgan fingerprint density at radius 1 is 0.875 bits per heavy atom. The Hall–Kier alpha value is -2.23. The number of hydrogen-bond acceptors (Lipinski definition) is 9. The SMILES string of the molecule is [2H]CC(=O)OC[C@H]1OC(F)[C@H](OC(=O)C[2H])[C@@H](OC(=O)C[2H])[C@@H]1OC(=O)C[2H]. The average Bonchev–Trinajstić information content (AvgIpc) is 2.69. The number of halogens is 1. The molecule has 0 N–H and O–H groups in total. The van der Waals surface area contributed by atoms with Gasteiger partial charge in [-0.3, -0.25) is 19.2 Å². The van der Waals surface area contributed by atoms with Crippen molar-refractivity contribution in [1.29, 1.82) is 0 Å². The molecule has 0 radical (unpaired) electrons. The highest BCUT2D eigenvalue weighted by Crippen LogP contribution is 2.29. The van der Waals surface area contributed by atoms with E-state index in [1.807, 2.05) is 0 Å². The van der Waals surface area contributed by atoms with Crippen LogP contribution in [0, 0.1) is 0 Å². The third-order valence-corrected chi connectivity index (χ3v) is 2.79. The van der Waals surface area contributed by atoms with Gasteiger partial charge in [0.05, 0.1) is 0 Å². The second-order valence-corrected chi connectivity index (χ2v) is 4.57. The molecule has 10 heteroatoms. The van der Waals surface area contributed by atoms with Crippen LogP contribution < -0.4 is 0 Å². The van der Waals surface area contributed by atoms with Crippen LogP contribution in [0.15, 0.2) is 0 Å². The van der Waals surface area contributed by atoms with Crippen LogP contribution in [0.3, 0.4) is 0 Å². The van der Waals surface area contributed by atoms with Gasteiger partial charge in [0, 0.05) is 33.1 Å². The van der Waals surface area contributed by atoms with Gasteiger partial charge in [-0.1, -0.05) is 0 Å². The molecule has 1 unspecified atom stereocenters. The number of carbonyl (C=O) groups is 4. The molecular formula is C14H19FO9. The fraction of sp³-hybridized carbons (Fsp3) is 0.714. The van der Waals surface area contributed by atoms with E-state index in [9.17, 15) is 23.6 Å². The van der Waals surface area contributed by atoms with Gasteiger partial charge >= 0.3 is 23.9 Å². The van der Waals surface area contributed by atoms with Gasteiger partial charge in [0.1, 0.15) is 12.7 Å². The van der Waals surface area contributed by atoms with Crippen LogP contribution in [0.1, 0.15) is 33.1 Å². The van der Waals surface area contributed by atoms with Crippen molar-refractivity contribution in [2.45, 2.75) is 58.4 Å². The summed E-state index contributed by atoms with van der Waals surface area (Å²) < 4.78 is 66.4. The molecule has 0 aromatic carbocycles. The Balaban J connectivity index is 3.17. The lowest BCUT2D eigenvalue weighted by Crippen LogP contribution is -2.61. The molecule has 136 valence electrons. The van der Waals surface area contributed by atoms with E-state index < -0.39 is 88.9 Å². The van der Waals surface area contributed by atoms with Crippen molar-refractivity contribution >= 4 is 23.9 Å². The molecule has 1 heterocycles. The minimum absolute atomic E-state index is 0.692. The van der Waals surface area contributed by atoms with Crippen LogP contribution in [0.5, 0.6) is 0 Å². The lowest BCUT2D eigenvalue weighted by Gasteiger charge is -2.41. The van der Waals surface area contributed by atoms with Gasteiger partial charge in [-0.25, -0.2) is 4.39 Å². The molecule has 0 aromatic rings. The summed E-state index contributed by atoms with van der Waals surface area (Å²) in [5, 5.41) is 0. The maximum Gasteiger partial charge on any atom is 0.303 e. The average molecular weight is 354 g/mol. The summed E-state index contributed by atoms with van der Waals surface area (Å²) in [4.78, 5) is 45.7. The highest BCUT2D eigenvalue weighted by Gasteiger charge is 2.52. The Kier molecular flexibility index (Phi) is 5.05. The van der Waals surface area contributed by atoms with Gasteiger partial charge in [-0.05, 0) is 0 Å². The highest BCUT2D eigenvalue weighted by atomic mass is 19.1. The number of alkyl halides is 1. The maximum atomic E-state index is 14.4.